The van der Waals surface area contributed by atoms with Crippen LogP contribution >= 0.6 is 0 Å². The molecule has 0 spiro atoms. The molecule has 0 radical (unpaired) electrons. The number of ether oxygens (including phenoxy) is 8. The number of hydrogen-bond donors (Lipinski definition) is 0. The number of methoxy groups -OCH3 is 1. The van der Waals surface area contributed by atoms with Gasteiger partial charge in [-0.2, -0.15) is 0 Å². The summed E-state index contributed by atoms with van der Waals surface area (Å²) in [6.07, 6.45) is 20.4. The van der Waals surface area contributed by atoms with Crippen LogP contribution < -0.4 is 14.2 Å². The summed E-state index contributed by atoms with van der Waals surface area (Å²) in [6.45, 7) is 14.4. The predicted molar refractivity (Wildman–Crippen MR) is 284 cm³/mol. The fraction of sp³-hybridized carbons (Fsp3) is 0.597. The standard InChI is InChI=1S/C24H36O4.C20H24O2.C18H28O3/c1-3-18-9-13-21(14-10-18)27-23(17-19-7-5-4-6-8-19)28-22-15-11-20(12-16-22)24(25)26-2;1-3-16-11-13-18(14-12-16)21-15(2)22-20-10-6-8-17-7-4-5-9-19(17)20;1-4-15-5-7-16(8-6-15)20-18(13-14(2)3)21-17-9-11-19-12-10-17/h9-10,13-14,19-20,22-23H,3-8,11-12,15-17H2,1-2H3;4-5,7,9,11-15,20H,3,6,8,10H2,1-2H3;5-8,14,17-18H,4,9-13H2,1-3H3. The van der Waals surface area contributed by atoms with Crippen LogP contribution in [0.1, 0.15) is 172 Å². The number of hydrogen-bond acceptors (Lipinski definition) is 9. The topological polar surface area (TPSA) is 90.9 Å². The van der Waals surface area contributed by atoms with E-state index in [1.54, 1.807) is 0 Å². The molecule has 0 N–H and O–H groups in total. The monoisotopic (exact) mass is 977 g/mol. The van der Waals surface area contributed by atoms with Crippen molar-refractivity contribution in [3.63, 3.8) is 0 Å². The third-order valence-electron chi connectivity index (χ3n) is 14.5. The number of esters is 1. The van der Waals surface area contributed by atoms with Crippen LogP contribution in [-0.4, -0.2) is 57.4 Å². The molecule has 3 aliphatic carbocycles. The van der Waals surface area contributed by atoms with Crippen LogP contribution in [0.5, 0.6) is 17.2 Å². The van der Waals surface area contributed by atoms with E-state index in [1.165, 1.54) is 73.5 Å². The number of aryl methyl sites for hydroxylation is 4. The van der Waals surface area contributed by atoms with E-state index in [1.807, 2.05) is 31.2 Å². The zero-order valence-corrected chi connectivity index (χ0v) is 44.5. The van der Waals surface area contributed by atoms with Gasteiger partial charge in [0.1, 0.15) is 17.2 Å². The van der Waals surface area contributed by atoms with Crippen LogP contribution in [-0.2, 0) is 54.2 Å². The van der Waals surface area contributed by atoms with E-state index in [0.717, 1.165) is 114 Å². The average Bonchev–Trinajstić information content (AvgIpc) is 3.40. The summed E-state index contributed by atoms with van der Waals surface area (Å²) >= 11 is 0. The molecule has 1 aliphatic heterocycles. The molecule has 9 nitrogen and oxygen atoms in total. The molecule has 0 bridgehead atoms. The first-order valence-corrected chi connectivity index (χ1v) is 27.6. The van der Waals surface area contributed by atoms with Gasteiger partial charge in [0, 0.05) is 26.1 Å². The molecule has 390 valence electrons. The van der Waals surface area contributed by atoms with Gasteiger partial charge < -0.3 is 37.9 Å². The van der Waals surface area contributed by atoms with Gasteiger partial charge in [0.2, 0.25) is 0 Å². The second-order valence-electron chi connectivity index (χ2n) is 20.4. The highest BCUT2D eigenvalue weighted by Crippen LogP contribution is 2.35. The van der Waals surface area contributed by atoms with E-state index in [2.05, 4.69) is 107 Å². The normalized spacial score (nSPS) is 20.7. The largest absolute Gasteiger partial charge is 0.469 e. The summed E-state index contributed by atoms with van der Waals surface area (Å²) in [5, 5.41) is 0. The second-order valence-corrected chi connectivity index (χ2v) is 20.4. The molecular weight excluding hydrogens is 889 g/mol. The molecule has 4 atom stereocenters. The van der Waals surface area contributed by atoms with Crippen molar-refractivity contribution in [1.29, 1.82) is 0 Å². The lowest BCUT2D eigenvalue weighted by molar-refractivity contribution is -0.155. The number of rotatable bonds is 20. The first kappa shape index (κ1) is 55.9. The fourth-order valence-electron chi connectivity index (χ4n) is 10.2. The summed E-state index contributed by atoms with van der Waals surface area (Å²) in [5.41, 5.74) is 6.71. The van der Waals surface area contributed by atoms with Crippen molar-refractivity contribution in [1.82, 2.24) is 0 Å². The number of benzene rings is 4. The molecule has 9 heteroatoms. The van der Waals surface area contributed by atoms with Crippen LogP contribution in [0.3, 0.4) is 0 Å². The molecule has 4 aliphatic rings. The summed E-state index contributed by atoms with van der Waals surface area (Å²) in [5.74, 6) is 3.85. The van der Waals surface area contributed by atoms with Gasteiger partial charge in [0.15, 0.2) is 18.9 Å². The fourth-order valence-corrected chi connectivity index (χ4v) is 10.2. The van der Waals surface area contributed by atoms with E-state index in [-0.39, 0.29) is 49.1 Å². The van der Waals surface area contributed by atoms with Gasteiger partial charge in [-0.15, -0.1) is 0 Å². The minimum absolute atomic E-state index is 0.0316. The van der Waals surface area contributed by atoms with E-state index >= 15 is 0 Å². The lowest BCUT2D eigenvalue weighted by atomic mass is 9.86. The highest BCUT2D eigenvalue weighted by molar-refractivity contribution is 5.72. The summed E-state index contributed by atoms with van der Waals surface area (Å²) < 4.78 is 47.3. The van der Waals surface area contributed by atoms with Crippen molar-refractivity contribution in [3.8, 4) is 17.2 Å². The van der Waals surface area contributed by atoms with Crippen LogP contribution in [0.4, 0.5) is 0 Å². The molecule has 1 saturated heterocycles. The minimum atomic E-state index is -0.247. The Morgan fingerprint density at radius 3 is 1.63 bits per heavy atom. The van der Waals surface area contributed by atoms with E-state index in [9.17, 15) is 4.79 Å². The van der Waals surface area contributed by atoms with Gasteiger partial charge in [-0.1, -0.05) is 127 Å². The quantitative estimate of drug-likeness (QED) is 0.0634. The first-order chi connectivity index (χ1) is 34.6. The second kappa shape index (κ2) is 30.6. The molecule has 1 heterocycles. The number of carbonyl (C=O) groups excluding carboxylic acids is 1. The molecule has 0 amide bonds. The zero-order valence-electron chi connectivity index (χ0n) is 44.5. The van der Waals surface area contributed by atoms with E-state index in [0.29, 0.717) is 11.8 Å². The van der Waals surface area contributed by atoms with E-state index < -0.39 is 0 Å². The van der Waals surface area contributed by atoms with Gasteiger partial charge >= 0.3 is 5.97 Å². The summed E-state index contributed by atoms with van der Waals surface area (Å²) in [6, 6.07) is 33.6. The van der Waals surface area contributed by atoms with Gasteiger partial charge in [-0.05, 0) is 160 Å². The molecule has 4 unspecified atom stereocenters. The Kier molecular flexibility index (Phi) is 24.1. The molecule has 3 fully saturated rings. The average molecular weight is 977 g/mol. The van der Waals surface area contributed by atoms with Crippen molar-refractivity contribution in [3.05, 3.63) is 125 Å². The highest BCUT2D eigenvalue weighted by Gasteiger charge is 2.31. The molecule has 4 aromatic rings. The van der Waals surface area contributed by atoms with Crippen molar-refractivity contribution in [2.24, 2.45) is 17.8 Å². The maximum Gasteiger partial charge on any atom is 0.308 e. The lowest BCUT2D eigenvalue weighted by Crippen LogP contribution is -2.33. The predicted octanol–water partition coefficient (Wildman–Crippen LogP) is 14.9. The van der Waals surface area contributed by atoms with Gasteiger partial charge in [-0.25, -0.2) is 0 Å². The third-order valence-corrected chi connectivity index (χ3v) is 14.5. The Morgan fingerprint density at radius 2 is 1.08 bits per heavy atom. The van der Waals surface area contributed by atoms with Gasteiger partial charge in [0.25, 0.3) is 0 Å². The third kappa shape index (κ3) is 19.5. The van der Waals surface area contributed by atoms with Crippen LogP contribution in [0.15, 0.2) is 97.1 Å². The van der Waals surface area contributed by atoms with Crippen molar-refractivity contribution in [2.75, 3.05) is 20.3 Å². The Balaban J connectivity index is 0.000000177. The van der Waals surface area contributed by atoms with Gasteiger partial charge in [-0.3, -0.25) is 4.79 Å². The number of fused-ring (bicyclic) bond motifs is 1. The van der Waals surface area contributed by atoms with Crippen LogP contribution in [0, 0.1) is 17.8 Å². The molecular formula is C62H88O9. The molecule has 2 saturated carbocycles. The highest BCUT2D eigenvalue weighted by atomic mass is 16.7. The molecule has 0 aromatic heterocycles. The van der Waals surface area contributed by atoms with Crippen molar-refractivity contribution >= 4 is 5.97 Å². The molecule has 8 rings (SSSR count). The van der Waals surface area contributed by atoms with Crippen LogP contribution in [0.2, 0.25) is 0 Å². The van der Waals surface area contributed by atoms with E-state index in [4.69, 9.17) is 37.9 Å². The van der Waals surface area contributed by atoms with Crippen LogP contribution in [0.25, 0.3) is 0 Å². The van der Waals surface area contributed by atoms with Crippen molar-refractivity contribution in [2.45, 2.75) is 201 Å². The summed E-state index contributed by atoms with van der Waals surface area (Å²) in [7, 11) is 1.47. The Morgan fingerprint density at radius 1 is 0.563 bits per heavy atom. The minimum Gasteiger partial charge on any atom is -0.469 e. The SMILES string of the molecule is CCc1ccc(OC(C)OC2CCCc3ccccc32)cc1.CCc1ccc(OC(CC(C)C)OC2CCOCC2)cc1.CCc1ccc(OC(CC2CCCCC2)OC2CCC(C(=O)OC)CC2)cc1. The molecule has 71 heavy (non-hydrogen) atoms. The Bertz CT molecular complexity index is 2050. The first-order valence-electron chi connectivity index (χ1n) is 27.6. The Hall–Kier alpha value is -4.41. The lowest BCUT2D eigenvalue weighted by Gasteiger charge is -2.32. The van der Waals surface area contributed by atoms with Gasteiger partial charge in [0.05, 0.1) is 31.3 Å². The smallest absolute Gasteiger partial charge is 0.308 e. The summed E-state index contributed by atoms with van der Waals surface area (Å²) in [4.78, 5) is 11.8. The Labute approximate surface area is 428 Å². The maximum atomic E-state index is 11.8. The van der Waals surface area contributed by atoms with Crippen molar-refractivity contribution < 1.29 is 42.7 Å². The zero-order chi connectivity index (χ0) is 50.2. The molecule has 4 aromatic carbocycles. The maximum absolute atomic E-state index is 11.8. The number of carbonyl (C=O) groups is 1.